The number of carbonyl (C=O) groups is 1. The van der Waals surface area contributed by atoms with E-state index in [-0.39, 0.29) is 24.5 Å². The number of hydrogen-bond acceptors (Lipinski definition) is 4. The monoisotopic (exact) mass is 263 g/mol. The number of ether oxygens (including phenoxy) is 2. The molecule has 0 aromatic carbocycles. The molecule has 18 heavy (non-hydrogen) atoms. The van der Waals surface area contributed by atoms with Crippen LogP contribution >= 0.6 is 0 Å². The maximum atomic E-state index is 11.9. The fourth-order valence-corrected chi connectivity index (χ4v) is 1.18. The number of esters is 1. The number of nitrogens with zero attached hydrogens (tertiary/aromatic N) is 1. The van der Waals surface area contributed by atoms with Gasteiger partial charge < -0.3 is 9.47 Å². The van der Waals surface area contributed by atoms with Gasteiger partial charge in [-0.05, 0) is 12.5 Å². The van der Waals surface area contributed by atoms with Crippen LogP contribution in [-0.2, 0) is 4.74 Å². The lowest BCUT2D eigenvalue weighted by Gasteiger charge is -2.08. The second kappa shape index (κ2) is 6.23. The zero-order chi connectivity index (χ0) is 13.6. The van der Waals surface area contributed by atoms with Crippen LogP contribution in [0.15, 0.2) is 18.3 Å². The van der Waals surface area contributed by atoms with Gasteiger partial charge in [-0.2, -0.15) is 13.2 Å². The van der Waals surface area contributed by atoms with Crippen molar-refractivity contribution < 1.29 is 27.4 Å². The van der Waals surface area contributed by atoms with E-state index < -0.39 is 18.6 Å². The Labute approximate surface area is 102 Å². The molecule has 4 nitrogen and oxygen atoms in total. The molecule has 0 bridgehead atoms. The summed E-state index contributed by atoms with van der Waals surface area (Å²) in [7, 11) is 1.23. The topological polar surface area (TPSA) is 48.4 Å². The van der Waals surface area contributed by atoms with E-state index in [1.807, 2.05) is 0 Å². The van der Waals surface area contributed by atoms with E-state index in [1.54, 1.807) is 0 Å². The number of pyridine rings is 1. The van der Waals surface area contributed by atoms with Crippen LogP contribution in [0.25, 0.3) is 0 Å². The normalized spacial score (nSPS) is 11.1. The van der Waals surface area contributed by atoms with Gasteiger partial charge in [0.2, 0.25) is 5.88 Å². The number of methoxy groups -OCH3 is 1. The molecule has 0 spiro atoms. The summed E-state index contributed by atoms with van der Waals surface area (Å²) in [5.74, 6) is -0.461. The third-order valence-electron chi connectivity index (χ3n) is 2.01. The molecule has 1 heterocycles. The summed E-state index contributed by atoms with van der Waals surface area (Å²) in [6.45, 7) is -0.114. The molecule has 1 rings (SSSR count). The van der Waals surface area contributed by atoms with Crippen molar-refractivity contribution >= 4 is 5.97 Å². The second-order valence-electron chi connectivity index (χ2n) is 3.44. The zero-order valence-corrected chi connectivity index (χ0v) is 9.66. The number of rotatable bonds is 5. The Hall–Kier alpha value is -1.79. The third-order valence-corrected chi connectivity index (χ3v) is 2.01. The Bertz CT molecular complexity index is 407. The van der Waals surface area contributed by atoms with Crippen LogP contribution < -0.4 is 4.74 Å². The molecule has 0 aliphatic carbocycles. The van der Waals surface area contributed by atoms with E-state index in [4.69, 9.17) is 4.74 Å². The average molecular weight is 263 g/mol. The molecule has 0 aliphatic heterocycles. The lowest BCUT2D eigenvalue weighted by molar-refractivity contribution is -0.136. The second-order valence-corrected chi connectivity index (χ2v) is 3.44. The molecule has 1 aromatic rings. The van der Waals surface area contributed by atoms with Gasteiger partial charge in [-0.3, -0.25) is 0 Å². The van der Waals surface area contributed by atoms with Crippen LogP contribution in [0.3, 0.4) is 0 Å². The molecule has 0 saturated heterocycles. The van der Waals surface area contributed by atoms with E-state index in [2.05, 4.69) is 9.72 Å². The molecule has 0 atom stereocenters. The Morgan fingerprint density at radius 3 is 2.78 bits per heavy atom. The highest BCUT2D eigenvalue weighted by Crippen LogP contribution is 2.21. The fourth-order valence-electron chi connectivity index (χ4n) is 1.18. The zero-order valence-electron chi connectivity index (χ0n) is 9.66. The molecule has 7 heteroatoms. The van der Waals surface area contributed by atoms with E-state index in [0.717, 1.165) is 0 Å². The lowest BCUT2D eigenvalue weighted by Crippen LogP contribution is -2.10. The summed E-state index contributed by atoms with van der Waals surface area (Å²) in [6.07, 6.45) is -3.94. The molecule has 0 N–H and O–H groups in total. The van der Waals surface area contributed by atoms with Gasteiger partial charge >= 0.3 is 12.1 Å². The summed E-state index contributed by atoms with van der Waals surface area (Å²) < 4.78 is 45.1. The van der Waals surface area contributed by atoms with Crippen molar-refractivity contribution in [1.29, 1.82) is 0 Å². The van der Waals surface area contributed by atoms with Gasteiger partial charge in [-0.25, -0.2) is 9.78 Å². The number of hydrogen-bond donors (Lipinski definition) is 0. The molecule has 0 amide bonds. The highest BCUT2D eigenvalue weighted by Gasteiger charge is 2.26. The molecule has 0 saturated carbocycles. The number of alkyl halides is 3. The first-order valence-electron chi connectivity index (χ1n) is 5.16. The minimum Gasteiger partial charge on any atom is -0.478 e. The number of carbonyl (C=O) groups excluding carboxylic acids is 1. The van der Waals surface area contributed by atoms with Crippen LogP contribution in [0.1, 0.15) is 23.2 Å². The Morgan fingerprint density at radius 1 is 1.44 bits per heavy atom. The molecule has 0 unspecified atom stereocenters. The van der Waals surface area contributed by atoms with E-state index in [0.29, 0.717) is 0 Å². The van der Waals surface area contributed by atoms with Crippen molar-refractivity contribution in [1.82, 2.24) is 4.98 Å². The summed E-state index contributed by atoms with van der Waals surface area (Å²) in [5.41, 5.74) is 0.235. The molecule has 1 aromatic heterocycles. The van der Waals surface area contributed by atoms with Crippen LogP contribution in [0, 0.1) is 0 Å². The number of aromatic nitrogens is 1. The standard InChI is InChI=1S/C11H12F3NO3/c1-17-10(16)8-3-5-15-9(7-8)18-6-2-4-11(12,13)14/h3,5,7H,2,4,6H2,1H3. The van der Waals surface area contributed by atoms with Crippen LogP contribution in [-0.4, -0.2) is 30.8 Å². The van der Waals surface area contributed by atoms with Crippen LogP contribution in [0.5, 0.6) is 5.88 Å². The quantitative estimate of drug-likeness (QED) is 0.605. The smallest absolute Gasteiger partial charge is 0.389 e. The predicted molar refractivity (Wildman–Crippen MR) is 56.4 cm³/mol. The SMILES string of the molecule is COC(=O)c1ccnc(OCCCC(F)(F)F)c1. The molecule has 0 fully saturated rings. The largest absolute Gasteiger partial charge is 0.478 e. The van der Waals surface area contributed by atoms with Crippen LogP contribution in [0.2, 0.25) is 0 Å². The molecule has 0 radical (unpaired) electrons. The molecular weight excluding hydrogens is 251 g/mol. The molecule has 0 aliphatic rings. The molecular formula is C11H12F3NO3. The highest BCUT2D eigenvalue weighted by atomic mass is 19.4. The Kier molecular flexibility index (Phi) is 4.94. The van der Waals surface area contributed by atoms with E-state index >= 15 is 0 Å². The lowest BCUT2D eigenvalue weighted by atomic mass is 10.3. The maximum Gasteiger partial charge on any atom is 0.389 e. The van der Waals surface area contributed by atoms with Gasteiger partial charge in [0.15, 0.2) is 0 Å². The van der Waals surface area contributed by atoms with Crippen molar-refractivity contribution in [2.75, 3.05) is 13.7 Å². The minimum absolute atomic E-state index is 0.0973. The van der Waals surface area contributed by atoms with Crippen molar-refractivity contribution in [2.24, 2.45) is 0 Å². The van der Waals surface area contributed by atoms with Gasteiger partial charge in [0.05, 0.1) is 19.3 Å². The Balaban J connectivity index is 2.45. The van der Waals surface area contributed by atoms with Crippen molar-refractivity contribution in [3.8, 4) is 5.88 Å². The average Bonchev–Trinajstić information content (AvgIpc) is 2.33. The number of halogens is 3. The Morgan fingerprint density at radius 2 is 2.17 bits per heavy atom. The minimum atomic E-state index is -4.19. The summed E-state index contributed by atoms with van der Waals surface area (Å²) in [5, 5.41) is 0. The van der Waals surface area contributed by atoms with E-state index in [1.165, 1.54) is 25.4 Å². The highest BCUT2D eigenvalue weighted by molar-refractivity contribution is 5.89. The van der Waals surface area contributed by atoms with Crippen molar-refractivity contribution in [2.45, 2.75) is 19.0 Å². The van der Waals surface area contributed by atoms with Gasteiger partial charge in [-0.15, -0.1) is 0 Å². The first kappa shape index (κ1) is 14.3. The third kappa shape index (κ3) is 5.03. The summed E-state index contributed by atoms with van der Waals surface area (Å²) in [6, 6.07) is 2.74. The molecule has 100 valence electrons. The van der Waals surface area contributed by atoms with Gasteiger partial charge in [0, 0.05) is 18.7 Å². The first-order chi connectivity index (χ1) is 8.42. The first-order valence-corrected chi connectivity index (χ1v) is 5.16. The van der Waals surface area contributed by atoms with E-state index in [9.17, 15) is 18.0 Å². The van der Waals surface area contributed by atoms with Gasteiger partial charge in [-0.1, -0.05) is 0 Å². The fraction of sp³-hybridized carbons (Fsp3) is 0.455. The van der Waals surface area contributed by atoms with Crippen molar-refractivity contribution in [3.63, 3.8) is 0 Å². The van der Waals surface area contributed by atoms with Gasteiger partial charge in [0.25, 0.3) is 0 Å². The summed E-state index contributed by atoms with van der Waals surface area (Å²) >= 11 is 0. The maximum absolute atomic E-state index is 11.9. The van der Waals surface area contributed by atoms with Crippen LogP contribution in [0.4, 0.5) is 13.2 Å². The summed E-state index contributed by atoms with van der Waals surface area (Å²) in [4.78, 5) is 15.0. The van der Waals surface area contributed by atoms with Crippen molar-refractivity contribution in [3.05, 3.63) is 23.9 Å². The predicted octanol–water partition coefficient (Wildman–Crippen LogP) is 2.59. The van der Waals surface area contributed by atoms with Gasteiger partial charge in [0.1, 0.15) is 0 Å².